The highest BCUT2D eigenvalue weighted by Gasteiger charge is 2.15. The van der Waals surface area contributed by atoms with Gasteiger partial charge in [-0.25, -0.2) is 0 Å². The van der Waals surface area contributed by atoms with Crippen LogP contribution in [0.5, 0.6) is 0 Å². The minimum Gasteiger partial charge on any atom is -0.350 e. The smallest absolute Gasteiger partial charge is 0.241 e. The summed E-state index contributed by atoms with van der Waals surface area (Å²) in [5.41, 5.74) is 0.926. The molecule has 1 fully saturated rings. The molecule has 0 unspecified atom stereocenters. The second-order valence-corrected chi connectivity index (χ2v) is 5.00. The molecule has 1 atom stereocenters. The van der Waals surface area contributed by atoms with E-state index in [1.807, 2.05) is 30.5 Å². The van der Waals surface area contributed by atoms with Gasteiger partial charge in [-0.1, -0.05) is 18.2 Å². The molecule has 1 aliphatic rings. The van der Waals surface area contributed by atoms with Crippen molar-refractivity contribution in [1.82, 2.24) is 20.4 Å². The number of nitrogens with zero attached hydrogens (tertiary/aromatic N) is 2. The molecule has 2 N–H and O–H groups in total. The quantitative estimate of drug-likeness (QED) is 0.898. The van der Waals surface area contributed by atoms with Crippen LogP contribution in [0.15, 0.2) is 30.5 Å². The van der Waals surface area contributed by atoms with Gasteiger partial charge in [-0.05, 0) is 25.5 Å². The Labute approximate surface area is 124 Å². The predicted octanol–water partition coefficient (Wildman–Crippen LogP) is 1.33. The number of hydrogen-bond acceptors (Lipinski definition) is 3. The third kappa shape index (κ3) is 3.49. The average Bonchev–Trinajstić information content (AvgIpc) is 2.81. The van der Waals surface area contributed by atoms with Crippen LogP contribution in [0.1, 0.15) is 12.8 Å². The van der Waals surface area contributed by atoms with Crippen molar-refractivity contribution >= 4 is 29.2 Å². The Balaban J connectivity index is 0.00000147. The first-order valence-corrected chi connectivity index (χ1v) is 6.73. The Kier molecular flexibility index (Phi) is 4.98. The molecule has 1 saturated heterocycles. The van der Waals surface area contributed by atoms with Crippen molar-refractivity contribution < 1.29 is 4.79 Å². The van der Waals surface area contributed by atoms with Crippen molar-refractivity contribution in [2.24, 2.45) is 0 Å². The van der Waals surface area contributed by atoms with E-state index >= 15 is 0 Å². The molecule has 3 rings (SSSR count). The second-order valence-electron chi connectivity index (χ2n) is 5.00. The molecule has 1 aromatic heterocycles. The zero-order valence-electron chi connectivity index (χ0n) is 11.2. The fourth-order valence-electron chi connectivity index (χ4n) is 2.49. The number of hydrogen-bond donors (Lipinski definition) is 2. The van der Waals surface area contributed by atoms with Gasteiger partial charge in [0.2, 0.25) is 5.91 Å². The molecule has 0 radical (unpaired) electrons. The van der Waals surface area contributed by atoms with E-state index in [4.69, 9.17) is 0 Å². The monoisotopic (exact) mass is 294 g/mol. The van der Waals surface area contributed by atoms with Crippen molar-refractivity contribution in [2.75, 3.05) is 13.1 Å². The van der Waals surface area contributed by atoms with E-state index in [2.05, 4.69) is 15.7 Å². The normalized spacial score (nSPS) is 18.5. The maximum atomic E-state index is 12.0. The Morgan fingerprint density at radius 2 is 2.30 bits per heavy atom. The summed E-state index contributed by atoms with van der Waals surface area (Å²) in [4.78, 5) is 12.0. The average molecular weight is 295 g/mol. The third-order valence-electron chi connectivity index (χ3n) is 3.43. The van der Waals surface area contributed by atoms with E-state index in [9.17, 15) is 4.79 Å². The van der Waals surface area contributed by atoms with Gasteiger partial charge in [-0.3, -0.25) is 9.48 Å². The first-order valence-electron chi connectivity index (χ1n) is 6.73. The summed E-state index contributed by atoms with van der Waals surface area (Å²) in [6.45, 7) is 2.20. The van der Waals surface area contributed by atoms with E-state index in [1.165, 1.54) is 0 Å². The molecule has 1 aliphatic heterocycles. The van der Waals surface area contributed by atoms with Crippen LogP contribution >= 0.6 is 12.4 Å². The molecule has 0 spiro atoms. The molecule has 0 saturated carbocycles. The van der Waals surface area contributed by atoms with Crippen LogP contribution < -0.4 is 10.6 Å². The third-order valence-corrected chi connectivity index (χ3v) is 3.43. The molecule has 6 heteroatoms. The molecule has 20 heavy (non-hydrogen) atoms. The highest BCUT2D eigenvalue weighted by atomic mass is 35.5. The summed E-state index contributed by atoms with van der Waals surface area (Å²) in [7, 11) is 0. The second kappa shape index (κ2) is 6.72. The van der Waals surface area contributed by atoms with Gasteiger partial charge in [0.05, 0.1) is 5.52 Å². The molecule has 0 bridgehead atoms. The van der Waals surface area contributed by atoms with Crippen LogP contribution in [-0.2, 0) is 11.3 Å². The number of carbonyl (C=O) groups is 1. The molecule has 108 valence electrons. The van der Waals surface area contributed by atoms with E-state index in [0.29, 0.717) is 0 Å². The minimum atomic E-state index is 0. The number of rotatable bonds is 3. The fourth-order valence-corrected chi connectivity index (χ4v) is 2.49. The van der Waals surface area contributed by atoms with Crippen molar-refractivity contribution in [3.05, 3.63) is 30.5 Å². The van der Waals surface area contributed by atoms with Crippen LogP contribution in [0, 0.1) is 0 Å². The maximum absolute atomic E-state index is 12.0. The van der Waals surface area contributed by atoms with E-state index < -0.39 is 0 Å². The summed E-state index contributed by atoms with van der Waals surface area (Å²) >= 11 is 0. The van der Waals surface area contributed by atoms with Crippen LogP contribution in [-0.4, -0.2) is 34.8 Å². The number of halogens is 1. The van der Waals surface area contributed by atoms with Gasteiger partial charge in [0, 0.05) is 24.2 Å². The number of aromatic nitrogens is 2. The molecule has 2 aromatic rings. The minimum absolute atomic E-state index is 0. The van der Waals surface area contributed by atoms with Crippen LogP contribution in [0.3, 0.4) is 0 Å². The summed E-state index contributed by atoms with van der Waals surface area (Å²) < 4.78 is 1.70. The van der Waals surface area contributed by atoms with E-state index in [1.54, 1.807) is 4.68 Å². The van der Waals surface area contributed by atoms with Crippen molar-refractivity contribution in [1.29, 1.82) is 0 Å². The molecule has 1 aromatic carbocycles. The van der Waals surface area contributed by atoms with Crippen molar-refractivity contribution in [2.45, 2.75) is 25.4 Å². The lowest BCUT2D eigenvalue weighted by Gasteiger charge is -2.23. The molecular formula is C14H19ClN4O. The summed E-state index contributed by atoms with van der Waals surface area (Å²) in [5, 5.41) is 11.8. The summed E-state index contributed by atoms with van der Waals surface area (Å²) in [5.74, 6) is 0.0292. The maximum Gasteiger partial charge on any atom is 0.241 e. The zero-order valence-corrected chi connectivity index (χ0v) is 12.0. The van der Waals surface area contributed by atoms with E-state index in [-0.39, 0.29) is 30.9 Å². The number of nitrogens with one attached hydrogen (secondary N) is 2. The van der Waals surface area contributed by atoms with E-state index in [0.717, 1.165) is 36.8 Å². The number of fused-ring (bicyclic) bond motifs is 1. The highest BCUT2D eigenvalue weighted by Crippen LogP contribution is 2.10. The largest absolute Gasteiger partial charge is 0.350 e. The molecule has 2 heterocycles. The first kappa shape index (κ1) is 14.8. The zero-order chi connectivity index (χ0) is 13.1. The molecular weight excluding hydrogens is 276 g/mol. The van der Waals surface area contributed by atoms with Gasteiger partial charge >= 0.3 is 0 Å². The topological polar surface area (TPSA) is 59.0 Å². The number of carbonyl (C=O) groups excluding carboxylic acids is 1. The standard InChI is InChI=1S/C14H18N4O.ClH/c19-14(16-12-5-3-7-15-8-12)10-18-9-11-4-1-2-6-13(11)17-18;/h1-2,4,6,9,12,15H,3,5,7-8,10H2,(H,16,19);1H/t12-;/m0./s1. The predicted molar refractivity (Wildman–Crippen MR) is 81.0 cm³/mol. The van der Waals surface area contributed by atoms with Gasteiger partial charge < -0.3 is 10.6 Å². The van der Waals surface area contributed by atoms with Gasteiger partial charge in [-0.2, -0.15) is 5.10 Å². The number of amides is 1. The van der Waals surface area contributed by atoms with Crippen LogP contribution in [0.4, 0.5) is 0 Å². The number of benzene rings is 1. The molecule has 0 aliphatic carbocycles. The Morgan fingerprint density at radius 3 is 3.05 bits per heavy atom. The Hall–Kier alpha value is -1.59. The van der Waals surface area contributed by atoms with Crippen molar-refractivity contribution in [3.63, 3.8) is 0 Å². The molecule has 5 nitrogen and oxygen atoms in total. The van der Waals surface area contributed by atoms with Gasteiger partial charge in [0.15, 0.2) is 0 Å². The lowest BCUT2D eigenvalue weighted by Crippen LogP contribution is -2.46. The fraction of sp³-hybridized carbons (Fsp3) is 0.429. The molecule has 1 amide bonds. The Morgan fingerprint density at radius 1 is 1.45 bits per heavy atom. The SMILES string of the molecule is Cl.O=C(Cn1cc2ccccc2n1)N[C@H]1CCCNC1. The highest BCUT2D eigenvalue weighted by molar-refractivity contribution is 5.85. The van der Waals surface area contributed by atoms with Gasteiger partial charge in [0.25, 0.3) is 0 Å². The number of piperidine rings is 1. The van der Waals surface area contributed by atoms with Crippen LogP contribution in [0.25, 0.3) is 10.9 Å². The lowest BCUT2D eigenvalue weighted by molar-refractivity contribution is -0.122. The lowest BCUT2D eigenvalue weighted by atomic mass is 10.1. The van der Waals surface area contributed by atoms with Crippen LogP contribution in [0.2, 0.25) is 0 Å². The van der Waals surface area contributed by atoms with Gasteiger partial charge in [-0.15, -0.1) is 12.4 Å². The van der Waals surface area contributed by atoms with Gasteiger partial charge in [0.1, 0.15) is 6.54 Å². The summed E-state index contributed by atoms with van der Waals surface area (Å²) in [6, 6.07) is 8.14. The summed E-state index contributed by atoms with van der Waals surface area (Å²) in [6.07, 6.45) is 4.09. The van der Waals surface area contributed by atoms with Crippen molar-refractivity contribution in [3.8, 4) is 0 Å². The first-order chi connectivity index (χ1) is 9.31. The Bertz CT molecular complexity index is 544.